The highest BCUT2D eigenvalue weighted by Gasteiger charge is 2.43. The van der Waals surface area contributed by atoms with Crippen molar-refractivity contribution in [3.63, 3.8) is 0 Å². The highest BCUT2D eigenvalue weighted by atomic mass is 32.1. The first-order chi connectivity index (χ1) is 12.6. The number of nitrogens with one attached hydrogen (secondary N) is 1. The molecular weight excluding hydrogens is 344 g/mol. The van der Waals surface area contributed by atoms with Gasteiger partial charge in [-0.25, -0.2) is 0 Å². The van der Waals surface area contributed by atoms with Crippen LogP contribution in [0.4, 0.5) is 0 Å². The number of hydrogen-bond donors (Lipinski definition) is 1. The van der Waals surface area contributed by atoms with Crippen LogP contribution in [0.3, 0.4) is 0 Å². The van der Waals surface area contributed by atoms with Crippen LogP contribution in [0.5, 0.6) is 0 Å². The monoisotopic (exact) mass is 370 g/mol. The van der Waals surface area contributed by atoms with Crippen LogP contribution in [0.2, 0.25) is 0 Å². The lowest BCUT2D eigenvalue weighted by atomic mass is 9.73. The lowest BCUT2D eigenvalue weighted by Gasteiger charge is -2.41. The third-order valence-corrected chi connectivity index (χ3v) is 6.08. The Morgan fingerprint density at radius 3 is 2.73 bits per heavy atom. The molecule has 1 aliphatic rings. The van der Waals surface area contributed by atoms with E-state index in [0.29, 0.717) is 19.5 Å². The molecule has 26 heavy (non-hydrogen) atoms. The van der Waals surface area contributed by atoms with Crippen molar-refractivity contribution in [2.24, 2.45) is 5.41 Å². The highest BCUT2D eigenvalue weighted by molar-refractivity contribution is 7.13. The molecule has 138 valence electrons. The molecule has 0 bridgehead atoms. The predicted molar refractivity (Wildman–Crippen MR) is 106 cm³/mol. The first kappa shape index (κ1) is 18.6. The number of amides is 2. The van der Waals surface area contributed by atoms with Crippen LogP contribution >= 0.6 is 11.3 Å². The number of carbonyl (C=O) groups excluding carboxylic acids is 2. The smallest absolute Gasteiger partial charge is 0.228 e. The standard InChI is InChI=1S/C21H26N2O2S/c1-3-22-20(25)21(11-7-12-23(15-21)16(2)24)14-17-8-4-5-9-18(17)19-10-6-13-26-19/h4-6,8-10,13H,3,7,11-12,14-15H2,1-2H3,(H,22,25)/t21-/m1/s1. The van der Waals surface area contributed by atoms with Crippen molar-refractivity contribution in [3.8, 4) is 10.4 Å². The molecule has 5 heteroatoms. The average molecular weight is 371 g/mol. The van der Waals surface area contributed by atoms with Crippen LogP contribution < -0.4 is 5.32 Å². The summed E-state index contributed by atoms with van der Waals surface area (Å²) in [5, 5.41) is 5.09. The molecule has 1 aliphatic heterocycles. The van der Waals surface area contributed by atoms with E-state index in [4.69, 9.17) is 0 Å². The second-order valence-corrected chi connectivity index (χ2v) is 7.94. The number of nitrogens with zero attached hydrogens (tertiary/aromatic N) is 1. The molecule has 3 rings (SSSR count). The van der Waals surface area contributed by atoms with Crippen molar-refractivity contribution in [2.45, 2.75) is 33.1 Å². The van der Waals surface area contributed by atoms with Gasteiger partial charge in [-0.3, -0.25) is 9.59 Å². The Morgan fingerprint density at radius 1 is 1.23 bits per heavy atom. The molecule has 1 atom stereocenters. The number of thiophene rings is 1. The predicted octanol–water partition coefficient (Wildman–Crippen LogP) is 3.72. The summed E-state index contributed by atoms with van der Waals surface area (Å²) in [5.41, 5.74) is 1.80. The van der Waals surface area contributed by atoms with E-state index in [2.05, 4.69) is 35.0 Å². The van der Waals surface area contributed by atoms with Crippen molar-refractivity contribution in [1.82, 2.24) is 10.2 Å². The minimum Gasteiger partial charge on any atom is -0.356 e. The van der Waals surface area contributed by atoms with E-state index in [1.54, 1.807) is 18.3 Å². The summed E-state index contributed by atoms with van der Waals surface area (Å²) in [7, 11) is 0. The average Bonchev–Trinajstić information content (AvgIpc) is 3.17. The second kappa shape index (κ2) is 8.04. The van der Waals surface area contributed by atoms with Crippen LogP contribution in [0.25, 0.3) is 10.4 Å². The zero-order valence-electron chi connectivity index (χ0n) is 15.5. The lowest BCUT2D eigenvalue weighted by Crippen LogP contribution is -2.54. The van der Waals surface area contributed by atoms with Crippen LogP contribution in [0.1, 0.15) is 32.3 Å². The van der Waals surface area contributed by atoms with Crippen molar-refractivity contribution >= 4 is 23.2 Å². The zero-order valence-corrected chi connectivity index (χ0v) is 16.3. The van der Waals surface area contributed by atoms with E-state index in [1.165, 1.54) is 16.0 Å². The molecule has 0 radical (unpaired) electrons. The summed E-state index contributed by atoms with van der Waals surface area (Å²) < 4.78 is 0. The van der Waals surface area contributed by atoms with Crippen LogP contribution in [0, 0.1) is 5.41 Å². The number of rotatable bonds is 5. The number of piperidine rings is 1. The molecular formula is C21H26N2O2S. The second-order valence-electron chi connectivity index (χ2n) is 7.00. The molecule has 1 saturated heterocycles. The van der Waals surface area contributed by atoms with E-state index in [-0.39, 0.29) is 11.8 Å². The highest BCUT2D eigenvalue weighted by Crippen LogP contribution is 2.38. The fourth-order valence-electron chi connectivity index (χ4n) is 3.87. The quantitative estimate of drug-likeness (QED) is 0.872. The number of benzene rings is 1. The molecule has 0 saturated carbocycles. The Kier molecular flexibility index (Phi) is 5.77. The molecule has 2 heterocycles. The molecule has 2 aromatic rings. The largest absolute Gasteiger partial charge is 0.356 e. The maximum Gasteiger partial charge on any atom is 0.228 e. The van der Waals surface area contributed by atoms with Gasteiger partial charge in [0.2, 0.25) is 11.8 Å². The van der Waals surface area contributed by atoms with Gasteiger partial charge in [0.05, 0.1) is 5.41 Å². The molecule has 4 nitrogen and oxygen atoms in total. The van der Waals surface area contributed by atoms with Gasteiger partial charge in [-0.05, 0) is 48.8 Å². The van der Waals surface area contributed by atoms with E-state index < -0.39 is 5.41 Å². The zero-order chi connectivity index (χ0) is 18.6. The summed E-state index contributed by atoms with van der Waals surface area (Å²) in [5.74, 6) is 0.108. The Hall–Kier alpha value is -2.14. The van der Waals surface area contributed by atoms with Gasteiger partial charge in [0, 0.05) is 31.4 Å². The molecule has 2 amide bonds. The summed E-state index contributed by atoms with van der Waals surface area (Å²) in [6.07, 6.45) is 2.32. The van der Waals surface area contributed by atoms with Gasteiger partial charge < -0.3 is 10.2 Å². The van der Waals surface area contributed by atoms with Gasteiger partial charge in [0.25, 0.3) is 0 Å². The van der Waals surface area contributed by atoms with Crippen LogP contribution in [-0.4, -0.2) is 36.3 Å². The lowest BCUT2D eigenvalue weighted by molar-refractivity contribution is -0.140. The topological polar surface area (TPSA) is 49.4 Å². The van der Waals surface area contributed by atoms with Crippen molar-refractivity contribution in [2.75, 3.05) is 19.6 Å². The third kappa shape index (κ3) is 3.83. The Labute approximate surface area is 159 Å². The minimum atomic E-state index is -0.562. The Morgan fingerprint density at radius 2 is 2.04 bits per heavy atom. The van der Waals surface area contributed by atoms with Gasteiger partial charge >= 0.3 is 0 Å². The molecule has 1 aromatic heterocycles. The summed E-state index contributed by atoms with van der Waals surface area (Å²) in [4.78, 5) is 28.1. The third-order valence-electron chi connectivity index (χ3n) is 5.17. The molecule has 1 fully saturated rings. The Balaban J connectivity index is 1.97. The van der Waals surface area contributed by atoms with E-state index in [0.717, 1.165) is 19.4 Å². The van der Waals surface area contributed by atoms with Crippen LogP contribution in [0.15, 0.2) is 41.8 Å². The van der Waals surface area contributed by atoms with Crippen molar-refractivity contribution < 1.29 is 9.59 Å². The number of carbonyl (C=O) groups is 2. The number of likely N-dealkylation sites (tertiary alicyclic amines) is 1. The van der Waals surface area contributed by atoms with Gasteiger partial charge in [-0.15, -0.1) is 11.3 Å². The van der Waals surface area contributed by atoms with Gasteiger partial charge in [0.1, 0.15) is 0 Å². The first-order valence-electron chi connectivity index (χ1n) is 9.21. The molecule has 1 N–H and O–H groups in total. The molecule has 0 unspecified atom stereocenters. The van der Waals surface area contributed by atoms with Gasteiger partial charge in [-0.1, -0.05) is 30.3 Å². The normalized spacial score (nSPS) is 20.0. The summed E-state index contributed by atoms with van der Waals surface area (Å²) in [6, 6.07) is 12.5. The van der Waals surface area contributed by atoms with Crippen LogP contribution in [-0.2, 0) is 16.0 Å². The fraction of sp³-hybridized carbons (Fsp3) is 0.429. The SMILES string of the molecule is CCNC(=O)[C@@]1(Cc2ccccc2-c2cccs2)CCCN(C(C)=O)C1. The summed E-state index contributed by atoms with van der Waals surface area (Å²) in [6.45, 7) is 5.37. The summed E-state index contributed by atoms with van der Waals surface area (Å²) >= 11 is 1.71. The number of hydrogen-bond acceptors (Lipinski definition) is 3. The van der Waals surface area contributed by atoms with Crippen molar-refractivity contribution in [3.05, 3.63) is 47.3 Å². The van der Waals surface area contributed by atoms with E-state index >= 15 is 0 Å². The van der Waals surface area contributed by atoms with Gasteiger partial charge in [-0.2, -0.15) is 0 Å². The maximum atomic E-state index is 13.0. The molecule has 0 aliphatic carbocycles. The maximum absolute atomic E-state index is 13.0. The van der Waals surface area contributed by atoms with E-state index in [1.807, 2.05) is 24.0 Å². The molecule has 1 aromatic carbocycles. The Bertz CT molecular complexity index is 772. The molecule has 0 spiro atoms. The van der Waals surface area contributed by atoms with Gasteiger partial charge in [0.15, 0.2) is 0 Å². The first-order valence-corrected chi connectivity index (χ1v) is 10.1. The van der Waals surface area contributed by atoms with Crippen molar-refractivity contribution in [1.29, 1.82) is 0 Å². The fourth-order valence-corrected chi connectivity index (χ4v) is 4.66. The van der Waals surface area contributed by atoms with E-state index in [9.17, 15) is 9.59 Å². The minimum absolute atomic E-state index is 0.0462.